The normalized spacial score (nSPS) is 11.0. The predicted octanol–water partition coefficient (Wildman–Crippen LogP) is 5.57. The summed E-state index contributed by atoms with van der Waals surface area (Å²) < 4.78 is 7.51. The van der Waals surface area contributed by atoms with Crippen LogP contribution in [0.1, 0.15) is 0 Å². The molecule has 0 atom stereocenters. The van der Waals surface area contributed by atoms with Gasteiger partial charge in [0.15, 0.2) is 5.65 Å². The van der Waals surface area contributed by atoms with Crippen molar-refractivity contribution in [3.8, 4) is 17.3 Å². The van der Waals surface area contributed by atoms with Gasteiger partial charge in [-0.2, -0.15) is 5.10 Å². The number of fused-ring (bicyclic) bond motifs is 1. The average Bonchev–Trinajstić information content (AvgIpc) is 3.03. The number of hydrogen-bond donors (Lipinski definition) is 0. The molecule has 2 aromatic carbocycles. The number of ether oxygens (including phenoxy) is 1. The summed E-state index contributed by atoms with van der Waals surface area (Å²) in [6, 6.07) is 12.3. The largest absolute Gasteiger partial charge is 0.437 e. The van der Waals surface area contributed by atoms with Crippen LogP contribution in [-0.4, -0.2) is 19.7 Å². The smallest absolute Gasteiger partial charge is 0.233 e. The van der Waals surface area contributed by atoms with E-state index in [-0.39, 0.29) is 0 Å². The summed E-state index contributed by atoms with van der Waals surface area (Å²) in [6.07, 6.45) is 3.05. The van der Waals surface area contributed by atoms with Gasteiger partial charge in [0, 0.05) is 10.0 Å². The summed E-state index contributed by atoms with van der Waals surface area (Å²) in [4.78, 5) is 8.49. The molecule has 2 heterocycles. The van der Waals surface area contributed by atoms with E-state index in [1.807, 2.05) is 12.1 Å². The first-order valence-electron chi connectivity index (χ1n) is 7.19. The quantitative estimate of drug-likeness (QED) is 0.458. The first kappa shape index (κ1) is 16.1. The van der Waals surface area contributed by atoms with Crippen LogP contribution in [0.25, 0.3) is 16.7 Å². The van der Waals surface area contributed by atoms with Gasteiger partial charge in [-0.3, -0.25) is 0 Å². The van der Waals surface area contributed by atoms with Gasteiger partial charge in [0.2, 0.25) is 5.88 Å². The summed E-state index contributed by atoms with van der Waals surface area (Å²) in [5, 5.41) is 6.60. The molecule has 0 fully saturated rings. The second-order valence-corrected chi connectivity index (χ2v) is 6.41. The summed E-state index contributed by atoms with van der Waals surface area (Å²) in [7, 11) is 0. The van der Waals surface area contributed by atoms with Gasteiger partial charge in [-0.25, -0.2) is 14.6 Å². The molecule has 0 saturated heterocycles. The van der Waals surface area contributed by atoms with Crippen molar-refractivity contribution in [3.05, 3.63) is 70.1 Å². The number of halogens is 3. The number of hydrogen-bond acceptors (Lipinski definition) is 4. The Balaban J connectivity index is 1.77. The average molecular weight is 392 g/mol. The summed E-state index contributed by atoms with van der Waals surface area (Å²) >= 11 is 18.0. The molecule has 2 aromatic heterocycles. The highest BCUT2D eigenvalue weighted by Gasteiger charge is 2.14. The lowest BCUT2D eigenvalue weighted by Gasteiger charge is -2.08. The van der Waals surface area contributed by atoms with E-state index in [4.69, 9.17) is 39.5 Å². The Labute approximate surface area is 157 Å². The summed E-state index contributed by atoms with van der Waals surface area (Å²) in [5.41, 5.74) is 1.44. The molecule has 8 heteroatoms. The molecule has 4 rings (SSSR count). The lowest BCUT2D eigenvalue weighted by molar-refractivity contribution is 0.468. The maximum atomic E-state index is 6.16. The fourth-order valence-electron chi connectivity index (χ4n) is 2.34. The van der Waals surface area contributed by atoms with E-state index in [0.717, 1.165) is 5.69 Å². The van der Waals surface area contributed by atoms with E-state index in [0.29, 0.717) is 37.7 Å². The van der Waals surface area contributed by atoms with Crippen LogP contribution in [0.15, 0.2) is 55.0 Å². The number of aromatic nitrogens is 4. The van der Waals surface area contributed by atoms with Gasteiger partial charge in [0.05, 0.1) is 16.9 Å². The third-order valence-corrected chi connectivity index (χ3v) is 4.28. The van der Waals surface area contributed by atoms with Crippen molar-refractivity contribution in [1.82, 2.24) is 19.7 Å². The van der Waals surface area contributed by atoms with Crippen LogP contribution in [0.3, 0.4) is 0 Å². The fourth-order valence-corrected chi connectivity index (χ4v) is 2.91. The Morgan fingerprint density at radius 1 is 0.880 bits per heavy atom. The highest BCUT2D eigenvalue weighted by atomic mass is 35.5. The van der Waals surface area contributed by atoms with Crippen LogP contribution in [0.2, 0.25) is 15.1 Å². The SMILES string of the molecule is Clc1ccc(-n2ncc3c(Oc4ccc(Cl)cc4Cl)ncnc32)cc1. The number of rotatable bonds is 3. The summed E-state index contributed by atoms with van der Waals surface area (Å²) in [5.74, 6) is 0.805. The Hall–Kier alpha value is -2.34. The van der Waals surface area contributed by atoms with Crippen LogP contribution < -0.4 is 4.74 Å². The molecule has 0 amide bonds. The Morgan fingerprint density at radius 2 is 1.64 bits per heavy atom. The standard InChI is InChI=1S/C17H9Cl3N4O/c18-10-1-4-12(5-2-10)24-16-13(8-23-24)17(22-9-21-16)25-15-6-3-11(19)7-14(15)20/h1-9H. The zero-order valence-corrected chi connectivity index (χ0v) is 14.8. The molecule has 0 N–H and O–H groups in total. The van der Waals surface area contributed by atoms with E-state index in [1.165, 1.54) is 6.33 Å². The molecule has 0 saturated carbocycles. The van der Waals surface area contributed by atoms with Crippen molar-refractivity contribution in [2.24, 2.45) is 0 Å². The van der Waals surface area contributed by atoms with E-state index in [9.17, 15) is 0 Å². The Morgan fingerprint density at radius 3 is 2.40 bits per heavy atom. The van der Waals surface area contributed by atoms with Gasteiger partial charge in [-0.05, 0) is 42.5 Å². The molecule has 0 bridgehead atoms. The molecule has 0 spiro atoms. The number of benzene rings is 2. The zero-order valence-electron chi connectivity index (χ0n) is 12.5. The minimum atomic E-state index is 0.356. The Bertz CT molecular complexity index is 1060. The molecule has 124 valence electrons. The lowest BCUT2D eigenvalue weighted by atomic mass is 10.3. The number of nitrogens with zero attached hydrogens (tertiary/aromatic N) is 4. The molecular weight excluding hydrogens is 383 g/mol. The summed E-state index contributed by atoms with van der Waals surface area (Å²) in [6.45, 7) is 0. The molecule has 5 nitrogen and oxygen atoms in total. The first-order chi connectivity index (χ1) is 12.1. The molecular formula is C17H9Cl3N4O. The molecule has 25 heavy (non-hydrogen) atoms. The highest BCUT2D eigenvalue weighted by molar-refractivity contribution is 6.35. The molecule has 0 aliphatic carbocycles. The maximum Gasteiger partial charge on any atom is 0.233 e. The lowest BCUT2D eigenvalue weighted by Crippen LogP contribution is -1.98. The molecule has 0 radical (unpaired) electrons. The van der Waals surface area contributed by atoms with Gasteiger partial charge >= 0.3 is 0 Å². The van der Waals surface area contributed by atoms with Gasteiger partial charge in [0.1, 0.15) is 17.5 Å². The minimum absolute atomic E-state index is 0.356. The van der Waals surface area contributed by atoms with Crippen LogP contribution in [-0.2, 0) is 0 Å². The zero-order chi connectivity index (χ0) is 17.4. The molecule has 0 aliphatic heterocycles. The van der Waals surface area contributed by atoms with Gasteiger partial charge in [-0.15, -0.1) is 0 Å². The van der Waals surface area contributed by atoms with Crippen LogP contribution in [0, 0.1) is 0 Å². The molecule has 0 unspecified atom stereocenters. The first-order valence-corrected chi connectivity index (χ1v) is 8.33. The van der Waals surface area contributed by atoms with Crippen LogP contribution in [0.4, 0.5) is 0 Å². The third-order valence-electron chi connectivity index (χ3n) is 3.50. The topological polar surface area (TPSA) is 52.8 Å². The van der Waals surface area contributed by atoms with Gasteiger partial charge in [0.25, 0.3) is 0 Å². The van der Waals surface area contributed by atoms with Crippen LogP contribution in [0.5, 0.6) is 11.6 Å². The van der Waals surface area contributed by atoms with E-state index in [1.54, 1.807) is 41.2 Å². The van der Waals surface area contributed by atoms with Crippen molar-refractivity contribution in [1.29, 1.82) is 0 Å². The van der Waals surface area contributed by atoms with Crippen molar-refractivity contribution < 1.29 is 4.74 Å². The predicted molar refractivity (Wildman–Crippen MR) is 98.2 cm³/mol. The Kier molecular flexibility index (Phi) is 4.21. The van der Waals surface area contributed by atoms with Crippen LogP contribution >= 0.6 is 34.8 Å². The maximum absolute atomic E-state index is 6.16. The van der Waals surface area contributed by atoms with E-state index in [2.05, 4.69) is 15.1 Å². The van der Waals surface area contributed by atoms with Crippen molar-refractivity contribution >= 4 is 45.8 Å². The second-order valence-electron chi connectivity index (χ2n) is 5.13. The monoisotopic (exact) mass is 390 g/mol. The van der Waals surface area contributed by atoms with Crippen molar-refractivity contribution in [2.45, 2.75) is 0 Å². The molecule has 4 aromatic rings. The van der Waals surface area contributed by atoms with E-state index >= 15 is 0 Å². The van der Waals surface area contributed by atoms with Crippen molar-refractivity contribution in [3.63, 3.8) is 0 Å². The van der Waals surface area contributed by atoms with E-state index < -0.39 is 0 Å². The second kappa shape index (κ2) is 6.52. The van der Waals surface area contributed by atoms with Gasteiger partial charge < -0.3 is 4.74 Å². The third kappa shape index (κ3) is 3.14. The fraction of sp³-hybridized carbons (Fsp3) is 0. The molecule has 0 aliphatic rings. The van der Waals surface area contributed by atoms with Crippen molar-refractivity contribution in [2.75, 3.05) is 0 Å². The highest BCUT2D eigenvalue weighted by Crippen LogP contribution is 2.33. The van der Waals surface area contributed by atoms with Gasteiger partial charge in [-0.1, -0.05) is 34.8 Å². The minimum Gasteiger partial charge on any atom is -0.437 e.